The molecule has 3 rings (SSSR count). The summed E-state index contributed by atoms with van der Waals surface area (Å²) in [5.41, 5.74) is 0.473. The van der Waals surface area contributed by atoms with E-state index in [1.807, 2.05) is 0 Å². The Labute approximate surface area is 125 Å². The molecule has 0 aromatic rings. The van der Waals surface area contributed by atoms with Crippen LogP contribution in [-0.2, 0) is 0 Å². The van der Waals surface area contributed by atoms with Gasteiger partial charge in [-0.15, -0.1) is 0 Å². The highest BCUT2D eigenvalue weighted by Crippen LogP contribution is 2.34. The maximum atomic E-state index is 3.95. The summed E-state index contributed by atoms with van der Waals surface area (Å²) < 4.78 is 0. The number of hydrogen-bond acceptors (Lipinski definition) is 2. The van der Waals surface area contributed by atoms with E-state index in [0.29, 0.717) is 5.54 Å². The van der Waals surface area contributed by atoms with Gasteiger partial charge in [-0.3, -0.25) is 4.90 Å². The van der Waals surface area contributed by atoms with E-state index < -0.39 is 0 Å². The second-order valence-electron chi connectivity index (χ2n) is 7.77. The predicted octanol–water partition coefficient (Wildman–Crippen LogP) is 3.95. The largest absolute Gasteiger partial charge is 0.310 e. The lowest BCUT2D eigenvalue weighted by Crippen LogP contribution is -2.55. The molecular formula is C18H34N2. The van der Waals surface area contributed by atoms with Gasteiger partial charge in [-0.1, -0.05) is 45.4 Å². The summed E-state index contributed by atoms with van der Waals surface area (Å²) in [4.78, 5) is 2.90. The van der Waals surface area contributed by atoms with E-state index in [1.54, 1.807) is 0 Å². The molecule has 2 aliphatic carbocycles. The van der Waals surface area contributed by atoms with Crippen LogP contribution >= 0.6 is 0 Å². The zero-order chi connectivity index (χ0) is 13.8. The Hall–Kier alpha value is -0.0800. The molecule has 1 aliphatic heterocycles. The van der Waals surface area contributed by atoms with Crippen molar-refractivity contribution < 1.29 is 0 Å². The molecule has 0 radical (unpaired) electrons. The Morgan fingerprint density at radius 1 is 0.900 bits per heavy atom. The molecule has 2 saturated carbocycles. The molecule has 20 heavy (non-hydrogen) atoms. The first-order valence-electron chi connectivity index (χ1n) is 9.28. The van der Waals surface area contributed by atoms with Crippen molar-refractivity contribution in [3.63, 3.8) is 0 Å². The second-order valence-corrected chi connectivity index (χ2v) is 7.77. The summed E-state index contributed by atoms with van der Waals surface area (Å²) >= 11 is 0. The van der Waals surface area contributed by atoms with Gasteiger partial charge in [0.15, 0.2) is 0 Å². The zero-order valence-corrected chi connectivity index (χ0v) is 13.5. The van der Waals surface area contributed by atoms with E-state index in [9.17, 15) is 0 Å². The fourth-order valence-electron chi connectivity index (χ4n) is 5.02. The third kappa shape index (κ3) is 3.39. The highest BCUT2D eigenvalue weighted by atomic mass is 15.2. The van der Waals surface area contributed by atoms with Gasteiger partial charge >= 0.3 is 0 Å². The minimum Gasteiger partial charge on any atom is -0.310 e. The maximum Gasteiger partial charge on any atom is 0.0308 e. The van der Waals surface area contributed by atoms with E-state index in [2.05, 4.69) is 17.1 Å². The molecule has 2 heteroatoms. The molecule has 0 aromatic heterocycles. The van der Waals surface area contributed by atoms with Crippen LogP contribution in [0.5, 0.6) is 0 Å². The number of hydrogen-bond donors (Lipinski definition) is 1. The number of nitrogens with zero attached hydrogens (tertiary/aromatic N) is 1. The van der Waals surface area contributed by atoms with Crippen molar-refractivity contribution in [1.82, 2.24) is 10.2 Å². The third-order valence-electron chi connectivity index (χ3n) is 6.22. The smallest absolute Gasteiger partial charge is 0.0308 e. The highest BCUT2D eigenvalue weighted by Gasteiger charge is 2.37. The van der Waals surface area contributed by atoms with Crippen LogP contribution < -0.4 is 5.32 Å². The van der Waals surface area contributed by atoms with Crippen LogP contribution in [0.25, 0.3) is 0 Å². The first-order chi connectivity index (χ1) is 9.79. The molecule has 3 aliphatic rings. The fourth-order valence-corrected chi connectivity index (χ4v) is 5.02. The van der Waals surface area contributed by atoms with Gasteiger partial charge < -0.3 is 5.32 Å². The highest BCUT2D eigenvalue weighted by molar-refractivity contribution is 4.97. The molecule has 2 nitrogen and oxygen atoms in total. The summed E-state index contributed by atoms with van der Waals surface area (Å²) in [7, 11) is 0. The molecule has 2 unspecified atom stereocenters. The maximum absolute atomic E-state index is 3.95. The van der Waals surface area contributed by atoms with E-state index in [4.69, 9.17) is 0 Å². The second kappa shape index (κ2) is 6.79. The van der Waals surface area contributed by atoms with Crippen LogP contribution in [0.15, 0.2) is 0 Å². The Morgan fingerprint density at radius 2 is 1.65 bits per heavy atom. The van der Waals surface area contributed by atoms with Gasteiger partial charge in [0.2, 0.25) is 0 Å². The minimum atomic E-state index is 0.473. The summed E-state index contributed by atoms with van der Waals surface area (Å²) in [5, 5.41) is 3.95. The van der Waals surface area contributed by atoms with Gasteiger partial charge in [0.1, 0.15) is 0 Å². The fraction of sp³-hybridized carbons (Fsp3) is 1.00. The molecule has 0 bridgehead atoms. The lowest BCUT2D eigenvalue weighted by Gasteiger charge is -2.43. The average Bonchev–Trinajstić information content (AvgIpc) is 2.79. The molecular weight excluding hydrogens is 244 g/mol. The van der Waals surface area contributed by atoms with Crippen LogP contribution in [0.4, 0.5) is 0 Å². The predicted molar refractivity (Wildman–Crippen MR) is 86.0 cm³/mol. The summed E-state index contributed by atoms with van der Waals surface area (Å²) in [6, 6.07) is 0.871. The molecule has 0 amide bonds. The molecule has 1 spiro atoms. The molecule has 1 heterocycles. The lowest BCUT2D eigenvalue weighted by atomic mass is 9.80. The zero-order valence-electron chi connectivity index (χ0n) is 13.5. The van der Waals surface area contributed by atoms with Gasteiger partial charge in [-0.05, 0) is 51.1 Å². The molecule has 1 saturated heterocycles. The van der Waals surface area contributed by atoms with Crippen LogP contribution in [0, 0.1) is 5.92 Å². The van der Waals surface area contributed by atoms with Crippen molar-refractivity contribution >= 4 is 0 Å². The van der Waals surface area contributed by atoms with Crippen molar-refractivity contribution in [2.24, 2.45) is 5.92 Å². The van der Waals surface area contributed by atoms with Crippen LogP contribution in [0.2, 0.25) is 0 Å². The van der Waals surface area contributed by atoms with Gasteiger partial charge in [0.05, 0.1) is 0 Å². The van der Waals surface area contributed by atoms with Crippen LogP contribution in [-0.4, -0.2) is 36.1 Å². The van der Waals surface area contributed by atoms with E-state index in [1.165, 1.54) is 90.3 Å². The number of rotatable bonds is 1. The average molecular weight is 278 g/mol. The quantitative estimate of drug-likeness (QED) is 0.731. The monoisotopic (exact) mass is 278 g/mol. The first kappa shape index (κ1) is 14.8. The topological polar surface area (TPSA) is 15.3 Å². The van der Waals surface area contributed by atoms with E-state index >= 15 is 0 Å². The molecule has 3 fully saturated rings. The lowest BCUT2D eigenvalue weighted by molar-refractivity contribution is 0.0956. The minimum absolute atomic E-state index is 0.473. The Bertz CT molecular complexity index is 296. The van der Waals surface area contributed by atoms with Gasteiger partial charge in [0.25, 0.3) is 0 Å². The molecule has 0 aromatic carbocycles. The van der Waals surface area contributed by atoms with Crippen molar-refractivity contribution in [3.05, 3.63) is 0 Å². The SMILES string of the molecule is CC1CCCCCC1N1CCCNC2(CCCCC2)C1. The molecule has 2 atom stereocenters. The summed E-state index contributed by atoms with van der Waals surface area (Å²) in [6.07, 6.45) is 15.9. The van der Waals surface area contributed by atoms with Crippen molar-refractivity contribution in [3.8, 4) is 0 Å². The van der Waals surface area contributed by atoms with Crippen molar-refractivity contribution in [1.29, 1.82) is 0 Å². The van der Waals surface area contributed by atoms with Gasteiger partial charge in [-0.25, -0.2) is 0 Å². The molecule has 1 N–H and O–H groups in total. The van der Waals surface area contributed by atoms with Crippen LogP contribution in [0.1, 0.15) is 77.6 Å². The van der Waals surface area contributed by atoms with Crippen molar-refractivity contribution in [2.75, 3.05) is 19.6 Å². The standard InChI is InChI=1S/C18H34N2/c1-16-9-4-2-5-10-17(16)20-14-8-13-19-18(15-20)11-6-3-7-12-18/h16-17,19H,2-15H2,1H3. The summed E-state index contributed by atoms with van der Waals surface area (Å²) in [5.74, 6) is 0.913. The Balaban J connectivity index is 1.70. The summed E-state index contributed by atoms with van der Waals surface area (Å²) in [6.45, 7) is 6.44. The van der Waals surface area contributed by atoms with E-state index in [0.717, 1.165) is 12.0 Å². The first-order valence-corrected chi connectivity index (χ1v) is 9.28. The van der Waals surface area contributed by atoms with Gasteiger partial charge in [-0.2, -0.15) is 0 Å². The van der Waals surface area contributed by atoms with E-state index in [-0.39, 0.29) is 0 Å². The van der Waals surface area contributed by atoms with Gasteiger partial charge in [0, 0.05) is 18.1 Å². The Morgan fingerprint density at radius 3 is 2.50 bits per heavy atom. The van der Waals surface area contributed by atoms with Crippen LogP contribution in [0.3, 0.4) is 0 Å². The Kier molecular flexibility index (Phi) is 5.04. The normalized spacial score (nSPS) is 36.5. The van der Waals surface area contributed by atoms with Crippen molar-refractivity contribution in [2.45, 2.75) is 89.1 Å². The number of nitrogens with one attached hydrogen (secondary N) is 1. The third-order valence-corrected chi connectivity index (χ3v) is 6.22. The molecule has 116 valence electrons.